The molecule has 1 aliphatic heterocycles. The van der Waals surface area contributed by atoms with Gasteiger partial charge in [-0.25, -0.2) is 4.39 Å². The van der Waals surface area contributed by atoms with Gasteiger partial charge in [0, 0.05) is 31.1 Å². The van der Waals surface area contributed by atoms with Gasteiger partial charge in [-0.1, -0.05) is 6.07 Å². The van der Waals surface area contributed by atoms with Crippen LogP contribution < -0.4 is 9.64 Å². The monoisotopic (exact) mass is 514 g/mol. The van der Waals surface area contributed by atoms with Crippen molar-refractivity contribution >= 4 is 17.9 Å². The third-order valence-corrected chi connectivity index (χ3v) is 7.44. The fraction of sp³-hybridized carbons (Fsp3) is 0.600. The molecule has 1 aliphatic carbocycles. The minimum Gasteiger partial charge on any atom is -0.498 e. The van der Waals surface area contributed by atoms with Crippen molar-refractivity contribution in [3.8, 4) is 5.75 Å². The van der Waals surface area contributed by atoms with Crippen molar-refractivity contribution in [2.75, 3.05) is 31.7 Å². The SMILES string of the molecule is COc1ccc(CCC(C)(C)F)c(N2CCC(CO/C(C)=C/C(=C\C=N)C(CC(=O)O)C3CC3)CC2)c1. The lowest BCUT2D eigenvalue weighted by Gasteiger charge is -2.35. The van der Waals surface area contributed by atoms with Crippen LogP contribution in [0.4, 0.5) is 10.1 Å². The van der Waals surface area contributed by atoms with Gasteiger partial charge >= 0.3 is 5.97 Å². The normalized spacial score (nSPS) is 18.5. The van der Waals surface area contributed by atoms with E-state index in [2.05, 4.69) is 17.0 Å². The second kappa shape index (κ2) is 13.1. The van der Waals surface area contributed by atoms with Gasteiger partial charge in [-0.2, -0.15) is 0 Å². The summed E-state index contributed by atoms with van der Waals surface area (Å²) in [6, 6.07) is 6.07. The van der Waals surface area contributed by atoms with Crippen LogP contribution in [0.1, 0.15) is 64.9 Å². The first-order valence-electron chi connectivity index (χ1n) is 13.4. The molecular weight excluding hydrogens is 471 g/mol. The van der Waals surface area contributed by atoms with E-state index >= 15 is 0 Å². The van der Waals surface area contributed by atoms with E-state index < -0.39 is 11.6 Å². The molecule has 204 valence electrons. The second-order valence-electron chi connectivity index (χ2n) is 11.1. The molecule has 0 amide bonds. The van der Waals surface area contributed by atoms with E-state index in [1.807, 2.05) is 19.1 Å². The van der Waals surface area contributed by atoms with Crippen molar-refractivity contribution in [3.63, 3.8) is 0 Å². The first kappa shape index (κ1) is 28.7. The maximum Gasteiger partial charge on any atom is 0.303 e. The van der Waals surface area contributed by atoms with E-state index in [1.54, 1.807) is 27.0 Å². The number of rotatable bonds is 14. The van der Waals surface area contributed by atoms with Gasteiger partial charge in [-0.05, 0) is 106 Å². The smallest absolute Gasteiger partial charge is 0.303 e. The molecule has 1 heterocycles. The van der Waals surface area contributed by atoms with Gasteiger partial charge in [0.15, 0.2) is 0 Å². The number of nitrogens with one attached hydrogen (secondary N) is 1. The number of ether oxygens (including phenoxy) is 2. The molecule has 1 atom stereocenters. The van der Waals surface area contributed by atoms with Crippen LogP contribution in [0.25, 0.3) is 0 Å². The lowest BCUT2D eigenvalue weighted by molar-refractivity contribution is -0.137. The van der Waals surface area contributed by atoms with Crippen LogP contribution in [0.2, 0.25) is 0 Å². The number of aliphatic carboxylic acids is 1. The third-order valence-electron chi connectivity index (χ3n) is 7.44. The fourth-order valence-corrected chi connectivity index (χ4v) is 5.09. The van der Waals surface area contributed by atoms with Crippen molar-refractivity contribution in [1.82, 2.24) is 0 Å². The molecule has 1 saturated heterocycles. The number of hydrogen-bond donors (Lipinski definition) is 2. The number of benzene rings is 1. The predicted molar refractivity (Wildman–Crippen MR) is 146 cm³/mol. The van der Waals surface area contributed by atoms with Crippen LogP contribution in [-0.4, -0.2) is 49.8 Å². The summed E-state index contributed by atoms with van der Waals surface area (Å²) < 4.78 is 25.7. The highest BCUT2D eigenvalue weighted by molar-refractivity contribution is 5.72. The van der Waals surface area contributed by atoms with E-state index in [1.165, 1.54) is 6.21 Å². The van der Waals surface area contributed by atoms with Crippen LogP contribution in [0.5, 0.6) is 5.75 Å². The number of carbonyl (C=O) groups is 1. The lowest BCUT2D eigenvalue weighted by atomic mass is 9.90. The summed E-state index contributed by atoms with van der Waals surface area (Å²) in [5, 5.41) is 16.9. The number of alkyl halides is 1. The number of piperidine rings is 1. The van der Waals surface area contributed by atoms with Gasteiger partial charge in [-0.3, -0.25) is 4.79 Å². The highest BCUT2D eigenvalue weighted by Gasteiger charge is 2.34. The Bertz CT molecular complexity index is 986. The molecule has 2 fully saturated rings. The molecule has 2 aliphatic rings. The van der Waals surface area contributed by atoms with E-state index in [0.29, 0.717) is 31.3 Å². The van der Waals surface area contributed by atoms with Crippen LogP contribution in [0, 0.1) is 23.2 Å². The van der Waals surface area contributed by atoms with Gasteiger partial charge < -0.3 is 24.9 Å². The van der Waals surface area contributed by atoms with Gasteiger partial charge in [0.25, 0.3) is 0 Å². The Labute approximate surface area is 221 Å². The highest BCUT2D eigenvalue weighted by Crippen LogP contribution is 2.43. The number of hydrogen-bond acceptors (Lipinski definition) is 5. The molecule has 3 rings (SSSR count). The fourth-order valence-electron chi connectivity index (χ4n) is 5.09. The molecule has 1 aromatic carbocycles. The average Bonchev–Trinajstić information content (AvgIpc) is 3.70. The Kier molecular flexibility index (Phi) is 10.2. The third kappa shape index (κ3) is 9.20. The number of anilines is 1. The predicted octanol–water partition coefficient (Wildman–Crippen LogP) is 6.59. The Morgan fingerprint density at radius 1 is 1.27 bits per heavy atom. The summed E-state index contributed by atoms with van der Waals surface area (Å²) in [5.74, 6) is 1.50. The summed E-state index contributed by atoms with van der Waals surface area (Å²) in [5.41, 5.74) is 1.95. The highest BCUT2D eigenvalue weighted by atomic mass is 19.1. The van der Waals surface area contributed by atoms with Gasteiger partial charge in [0.1, 0.15) is 11.4 Å². The summed E-state index contributed by atoms with van der Waals surface area (Å²) in [6.07, 6.45) is 10.2. The average molecular weight is 515 g/mol. The standard InChI is InChI=1S/C30H43FN2O4/c1-21(17-25(10-14-32)27(19-29(34)35)23-5-6-23)37-20-22-11-15-33(16-12-22)28-18-26(36-4)8-7-24(28)9-13-30(2,3)31/h7-8,10,14,17-18,22-23,27,32H,5-6,9,11-13,15-16,19-20H2,1-4H3,(H,34,35)/b21-17+,25-10+,32-14?. The Balaban J connectivity index is 1.58. The maximum absolute atomic E-state index is 14.2. The topological polar surface area (TPSA) is 82.9 Å². The van der Waals surface area contributed by atoms with Crippen LogP contribution in [0.3, 0.4) is 0 Å². The molecule has 0 bridgehead atoms. The molecule has 1 aromatic rings. The van der Waals surface area contributed by atoms with E-state index in [4.69, 9.17) is 14.9 Å². The number of nitrogens with zero attached hydrogens (tertiary/aromatic N) is 1. The summed E-state index contributed by atoms with van der Waals surface area (Å²) in [6.45, 7) is 7.57. The van der Waals surface area contributed by atoms with E-state index in [9.17, 15) is 14.3 Å². The molecule has 7 heteroatoms. The zero-order valence-electron chi connectivity index (χ0n) is 22.8. The summed E-state index contributed by atoms with van der Waals surface area (Å²) >= 11 is 0. The molecule has 1 saturated carbocycles. The zero-order chi connectivity index (χ0) is 27.0. The number of halogens is 1. The Hall–Kier alpha value is -2.83. The van der Waals surface area contributed by atoms with Crippen molar-refractivity contribution < 1.29 is 23.8 Å². The molecule has 1 unspecified atom stereocenters. The quantitative estimate of drug-likeness (QED) is 0.166. The lowest BCUT2D eigenvalue weighted by Crippen LogP contribution is -2.35. The van der Waals surface area contributed by atoms with Gasteiger partial charge in [0.2, 0.25) is 0 Å². The van der Waals surface area contributed by atoms with Crippen molar-refractivity contribution in [1.29, 1.82) is 5.41 Å². The van der Waals surface area contributed by atoms with Crippen molar-refractivity contribution in [2.24, 2.45) is 17.8 Å². The van der Waals surface area contributed by atoms with E-state index in [-0.39, 0.29) is 12.3 Å². The molecular formula is C30H43FN2O4. The first-order valence-corrected chi connectivity index (χ1v) is 13.4. The Morgan fingerprint density at radius 3 is 2.54 bits per heavy atom. The number of carboxylic acids is 1. The summed E-state index contributed by atoms with van der Waals surface area (Å²) in [4.78, 5) is 13.7. The Morgan fingerprint density at radius 2 is 1.97 bits per heavy atom. The maximum atomic E-state index is 14.2. The number of carboxylic acid groups (broad SMARTS) is 1. The molecule has 0 spiro atoms. The molecule has 2 N–H and O–H groups in total. The number of allylic oxidation sites excluding steroid dienone is 4. The van der Waals surface area contributed by atoms with Gasteiger partial charge in [-0.15, -0.1) is 0 Å². The minimum atomic E-state index is -1.20. The van der Waals surface area contributed by atoms with Crippen LogP contribution in [0.15, 0.2) is 41.7 Å². The zero-order valence-corrected chi connectivity index (χ0v) is 22.8. The largest absolute Gasteiger partial charge is 0.498 e. The van der Waals surface area contributed by atoms with Crippen LogP contribution in [-0.2, 0) is 16.0 Å². The first-order chi connectivity index (χ1) is 17.6. The molecule has 6 nitrogen and oxygen atoms in total. The van der Waals surface area contributed by atoms with Crippen molar-refractivity contribution in [3.05, 3.63) is 47.2 Å². The summed E-state index contributed by atoms with van der Waals surface area (Å²) in [7, 11) is 1.67. The van der Waals surface area contributed by atoms with E-state index in [0.717, 1.165) is 67.1 Å². The minimum absolute atomic E-state index is 0.0686. The van der Waals surface area contributed by atoms with Crippen molar-refractivity contribution in [2.45, 2.75) is 71.4 Å². The number of methoxy groups -OCH3 is 1. The molecule has 0 aromatic heterocycles. The van der Waals surface area contributed by atoms with Gasteiger partial charge in [0.05, 0.1) is 25.9 Å². The second-order valence-corrected chi connectivity index (χ2v) is 11.1. The molecule has 0 radical (unpaired) electrons. The molecule has 37 heavy (non-hydrogen) atoms. The number of aryl methyl sites for hydroxylation is 1. The van der Waals surface area contributed by atoms with Crippen LogP contribution >= 0.6 is 0 Å².